The second kappa shape index (κ2) is 6.85. The van der Waals surface area contributed by atoms with Crippen molar-refractivity contribution in [1.82, 2.24) is 0 Å². The fraction of sp³-hybridized carbons (Fsp3) is 0.130. The molecule has 0 saturated carbocycles. The standard InChI is InChI=1S/C23H18O5/c24-18-8-4-7-14-12-15-9-10-16(21(25)20(15)22(26)19(14)18)17(23(27)28)11-13-5-2-1-3-6-13/h1-10,17,24-25H,11-12H2,(H,27,28)/t17-/m1/s1. The maximum atomic E-state index is 13.0. The van der Waals surface area contributed by atoms with E-state index < -0.39 is 17.7 Å². The summed E-state index contributed by atoms with van der Waals surface area (Å²) in [6, 6.07) is 17.3. The molecule has 5 nitrogen and oxygen atoms in total. The van der Waals surface area contributed by atoms with Crippen molar-refractivity contribution >= 4 is 11.8 Å². The predicted octanol–water partition coefficient (Wildman–Crippen LogP) is 3.64. The molecule has 0 amide bonds. The quantitative estimate of drug-likeness (QED) is 0.507. The van der Waals surface area contributed by atoms with E-state index in [9.17, 15) is 24.9 Å². The van der Waals surface area contributed by atoms with Gasteiger partial charge in [0.15, 0.2) is 0 Å². The lowest BCUT2D eigenvalue weighted by Crippen LogP contribution is -2.19. The van der Waals surface area contributed by atoms with E-state index >= 15 is 0 Å². The van der Waals surface area contributed by atoms with Crippen LogP contribution in [0.5, 0.6) is 11.5 Å². The van der Waals surface area contributed by atoms with Crippen LogP contribution in [-0.2, 0) is 17.6 Å². The van der Waals surface area contributed by atoms with Gasteiger partial charge in [-0.3, -0.25) is 9.59 Å². The van der Waals surface area contributed by atoms with Crippen LogP contribution in [0.3, 0.4) is 0 Å². The van der Waals surface area contributed by atoms with Gasteiger partial charge in [0.05, 0.1) is 17.0 Å². The lowest BCUT2D eigenvalue weighted by Gasteiger charge is -2.23. The zero-order chi connectivity index (χ0) is 19.8. The highest BCUT2D eigenvalue weighted by Gasteiger charge is 2.32. The normalized spacial score (nSPS) is 13.5. The summed E-state index contributed by atoms with van der Waals surface area (Å²) in [7, 11) is 0. The highest BCUT2D eigenvalue weighted by Crippen LogP contribution is 2.40. The Labute approximate surface area is 161 Å². The van der Waals surface area contributed by atoms with Gasteiger partial charge >= 0.3 is 5.97 Å². The molecule has 0 radical (unpaired) electrons. The molecule has 0 saturated heterocycles. The largest absolute Gasteiger partial charge is 0.507 e. The van der Waals surface area contributed by atoms with Gasteiger partial charge in [-0.2, -0.15) is 0 Å². The first-order valence-electron chi connectivity index (χ1n) is 8.94. The molecule has 1 aliphatic carbocycles. The number of fused-ring (bicyclic) bond motifs is 2. The number of benzene rings is 3. The Balaban J connectivity index is 1.80. The Morgan fingerprint density at radius 3 is 2.32 bits per heavy atom. The molecular formula is C23H18O5. The summed E-state index contributed by atoms with van der Waals surface area (Å²) in [5.74, 6) is -3.02. The van der Waals surface area contributed by atoms with Gasteiger partial charge in [0.1, 0.15) is 11.5 Å². The van der Waals surface area contributed by atoms with Crippen molar-refractivity contribution in [1.29, 1.82) is 0 Å². The number of hydrogen-bond acceptors (Lipinski definition) is 4. The molecule has 0 bridgehead atoms. The van der Waals surface area contributed by atoms with Crippen LogP contribution in [-0.4, -0.2) is 27.1 Å². The van der Waals surface area contributed by atoms with Crippen LogP contribution in [0.4, 0.5) is 0 Å². The van der Waals surface area contributed by atoms with Crippen molar-refractivity contribution in [2.75, 3.05) is 0 Å². The lowest BCUT2D eigenvalue weighted by atomic mass is 9.80. The van der Waals surface area contributed by atoms with Crippen LogP contribution in [0.2, 0.25) is 0 Å². The van der Waals surface area contributed by atoms with Gasteiger partial charge in [-0.05, 0) is 35.6 Å². The second-order valence-electron chi connectivity index (χ2n) is 6.94. The molecule has 1 atom stereocenters. The van der Waals surface area contributed by atoms with Gasteiger partial charge in [0.2, 0.25) is 5.78 Å². The average Bonchev–Trinajstić information content (AvgIpc) is 2.67. The lowest BCUT2D eigenvalue weighted by molar-refractivity contribution is -0.138. The molecule has 28 heavy (non-hydrogen) atoms. The Morgan fingerprint density at radius 2 is 1.61 bits per heavy atom. The summed E-state index contributed by atoms with van der Waals surface area (Å²) < 4.78 is 0. The van der Waals surface area contributed by atoms with Crippen LogP contribution >= 0.6 is 0 Å². The molecule has 0 spiro atoms. The third-order valence-electron chi connectivity index (χ3n) is 5.22. The third-order valence-corrected chi connectivity index (χ3v) is 5.22. The number of carbonyl (C=O) groups is 2. The van der Waals surface area contributed by atoms with Gasteiger partial charge in [-0.15, -0.1) is 0 Å². The predicted molar refractivity (Wildman–Crippen MR) is 103 cm³/mol. The number of ketones is 1. The Bertz CT molecular complexity index is 1090. The highest BCUT2D eigenvalue weighted by atomic mass is 16.4. The first-order valence-corrected chi connectivity index (χ1v) is 8.94. The summed E-state index contributed by atoms with van der Waals surface area (Å²) in [5.41, 5.74) is 2.56. The molecule has 0 heterocycles. The van der Waals surface area contributed by atoms with E-state index in [4.69, 9.17) is 0 Å². The van der Waals surface area contributed by atoms with E-state index in [0.717, 1.165) is 5.56 Å². The van der Waals surface area contributed by atoms with Crippen molar-refractivity contribution < 1.29 is 24.9 Å². The molecule has 4 rings (SSSR count). The fourth-order valence-electron chi connectivity index (χ4n) is 3.84. The van der Waals surface area contributed by atoms with E-state index in [1.807, 2.05) is 30.3 Å². The van der Waals surface area contributed by atoms with Gasteiger partial charge in [0.25, 0.3) is 0 Å². The van der Waals surface area contributed by atoms with E-state index in [2.05, 4.69) is 0 Å². The number of aromatic hydroxyl groups is 2. The summed E-state index contributed by atoms with van der Waals surface area (Å²) >= 11 is 0. The van der Waals surface area contributed by atoms with Gasteiger partial charge in [0, 0.05) is 5.56 Å². The first-order chi connectivity index (χ1) is 13.5. The number of carboxylic acid groups (broad SMARTS) is 1. The molecular weight excluding hydrogens is 356 g/mol. The average molecular weight is 374 g/mol. The zero-order valence-electron chi connectivity index (χ0n) is 14.9. The van der Waals surface area contributed by atoms with Crippen LogP contribution in [0.1, 0.15) is 44.1 Å². The summed E-state index contributed by atoms with van der Waals surface area (Å²) in [6.45, 7) is 0. The topological polar surface area (TPSA) is 94.8 Å². The number of hydrogen-bond donors (Lipinski definition) is 3. The molecule has 0 unspecified atom stereocenters. The molecule has 5 heteroatoms. The SMILES string of the molecule is O=C1c2c(O)cccc2Cc2ccc([C@@H](Cc3ccccc3)C(=O)O)c(O)c21. The van der Waals surface area contributed by atoms with Crippen molar-refractivity contribution in [3.8, 4) is 11.5 Å². The van der Waals surface area contributed by atoms with Crippen LogP contribution in [0, 0.1) is 0 Å². The van der Waals surface area contributed by atoms with Crippen molar-refractivity contribution in [3.05, 3.63) is 94.0 Å². The highest BCUT2D eigenvalue weighted by molar-refractivity contribution is 6.15. The number of rotatable bonds is 4. The van der Waals surface area contributed by atoms with E-state index in [-0.39, 0.29) is 34.6 Å². The smallest absolute Gasteiger partial charge is 0.311 e. The zero-order valence-corrected chi connectivity index (χ0v) is 14.9. The molecule has 0 aromatic heterocycles. The first kappa shape index (κ1) is 17.8. The minimum absolute atomic E-state index is 0.0748. The minimum atomic E-state index is -1.08. The monoisotopic (exact) mass is 374 g/mol. The molecule has 1 aliphatic rings. The second-order valence-corrected chi connectivity index (χ2v) is 6.94. The van der Waals surface area contributed by atoms with Gasteiger partial charge < -0.3 is 15.3 Å². The number of aliphatic carboxylic acids is 1. The van der Waals surface area contributed by atoms with Crippen LogP contribution < -0.4 is 0 Å². The summed E-state index contributed by atoms with van der Waals surface area (Å²) in [4.78, 5) is 24.9. The fourth-order valence-corrected chi connectivity index (χ4v) is 3.84. The number of phenols is 2. The van der Waals surface area contributed by atoms with Gasteiger partial charge in [-0.1, -0.05) is 54.6 Å². The molecule has 3 N–H and O–H groups in total. The third kappa shape index (κ3) is 2.91. The van der Waals surface area contributed by atoms with E-state index in [1.54, 1.807) is 24.3 Å². The maximum Gasteiger partial charge on any atom is 0.311 e. The van der Waals surface area contributed by atoms with Crippen molar-refractivity contribution in [2.45, 2.75) is 18.8 Å². The molecule has 140 valence electrons. The number of carbonyl (C=O) groups excluding carboxylic acids is 1. The van der Waals surface area contributed by atoms with Crippen molar-refractivity contribution in [3.63, 3.8) is 0 Å². The van der Waals surface area contributed by atoms with Crippen LogP contribution in [0.15, 0.2) is 60.7 Å². The minimum Gasteiger partial charge on any atom is -0.507 e. The summed E-state index contributed by atoms with van der Waals surface area (Å²) in [5, 5.41) is 30.7. The van der Waals surface area contributed by atoms with Crippen LogP contribution in [0.25, 0.3) is 0 Å². The Kier molecular flexibility index (Phi) is 4.35. The van der Waals surface area contributed by atoms with Crippen molar-refractivity contribution in [2.24, 2.45) is 0 Å². The molecule has 3 aromatic rings. The van der Waals surface area contributed by atoms with E-state index in [0.29, 0.717) is 17.5 Å². The Morgan fingerprint density at radius 1 is 0.893 bits per heavy atom. The molecule has 3 aromatic carbocycles. The maximum absolute atomic E-state index is 13.0. The van der Waals surface area contributed by atoms with Gasteiger partial charge in [-0.25, -0.2) is 0 Å². The Hall–Kier alpha value is -3.60. The number of carboxylic acids is 1. The number of phenolic OH excluding ortho intramolecular Hbond substituents is 2. The molecule has 0 aliphatic heterocycles. The summed E-state index contributed by atoms with van der Waals surface area (Å²) in [6.07, 6.45) is 0.577. The van der Waals surface area contributed by atoms with E-state index in [1.165, 1.54) is 6.07 Å². The molecule has 0 fully saturated rings.